The standard InChI is InChI=1S/C8H6N4O/c1-2-5-12-6-3-4-7(12)8(13)10-11-9/h1,3-4,6H,5H2. The summed E-state index contributed by atoms with van der Waals surface area (Å²) < 4.78 is 1.54. The average molecular weight is 174 g/mol. The Bertz CT molecular complexity index is 406. The Labute approximate surface area is 74.6 Å². The van der Waals surface area contributed by atoms with Crippen LogP contribution in [0.5, 0.6) is 0 Å². The van der Waals surface area contributed by atoms with Gasteiger partial charge in [0.2, 0.25) is 0 Å². The molecule has 0 saturated heterocycles. The van der Waals surface area contributed by atoms with Crippen LogP contribution in [-0.4, -0.2) is 10.5 Å². The summed E-state index contributed by atoms with van der Waals surface area (Å²) in [6.07, 6.45) is 6.73. The van der Waals surface area contributed by atoms with Crippen LogP contribution in [0.4, 0.5) is 0 Å². The first-order valence-corrected chi connectivity index (χ1v) is 3.47. The van der Waals surface area contributed by atoms with Crippen molar-refractivity contribution in [3.8, 4) is 12.3 Å². The molecular formula is C8H6N4O. The Morgan fingerprint density at radius 1 is 1.85 bits per heavy atom. The molecule has 0 atom stereocenters. The number of carbonyl (C=O) groups excluding carboxylic acids is 1. The van der Waals surface area contributed by atoms with Crippen LogP contribution < -0.4 is 0 Å². The Morgan fingerprint density at radius 2 is 2.62 bits per heavy atom. The zero-order valence-electron chi connectivity index (χ0n) is 6.71. The number of hydrogen-bond acceptors (Lipinski definition) is 1. The first-order valence-electron chi connectivity index (χ1n) is 3.47. The van der Waals surface area contributed by atoms with Gasteiger partial charge in [0.1, 0.15) is 0 Å². The molecule has 0 aliphatic heterocycles. The lowest BCUT2D eigenvalue weighted by atomic mass is 10.4. The summed E-state index contributed by atoms with van der Waals surface area (Å²) >= 11 is 0. The van der Waals surface area contributed by atoms with Gasteiger partial charge in [0.15, 0.2) is 0 Å². The van der Waals surface area contributed by atoms with Gasteiger partial charge < -0.3 is 4.57 Å². The summed E-state index contributed by atoms with van der Waals surface area (Å²) in [5, 5.41) is 2.96. The Kier molecular flexibility index (Phi) is 2.74. The van der Waals surface area contributed by atoms with Crippen molar-refractivity contribution in [2.75, 3.05) is 0 Å². The fraction of sp³-hybridized carbons (Fsp3) is 0.125. The number of carbonyl (C=O) groups is 1. The van der Waals surface area contributed by atoms with Gasteiger partial charge in [-0.15, -0.1) is 6.42 Å². The number of terminal acetylenes is 1. The van der Waals surface area contributed by atoms with Crippen molar-refractivity contribution in [1.82, 2.24) is 4.57 Å². The molecule has 5 heteroatoms. The highest BCUT2D eigenvalue weighted by atomic mass is 16.1. The summed E-state index contributed by atoms with van der Waals surface area (Å²) in [6.45, 7) is 0.287. The van der Waals surface area contributed by atoms with Crippen LogP contribution in [0.1, 0.15) is 10.5 Å². The highest BCUT2D eigenvalue weighted by molar-refractivity contribution is 5.93. The summed E-state index contributed by atoms with van der Waals surface area (Å²) in [6, 6.07) is 3.21. The first kappa shape index (κ1) is 8.91. The highest BCUT2D eigenvalue weighted by Crippen LogP contribution is 2.03. The smallest absolute Gasteiger partial charge is 0.265 e. The third kappa shape index (κ3) is 1.89. The molecule has 1 rings (SSSR count). The summed E-state index contributed by atoms with van der Waals surface area (Å²) in [5.41, 5.74) is 8.35. The van der Waals surface area contributed by atoms with Gasteiger partial charge in [-0.05, 0) is 22.8 Å². The quantitative estimate of drug-likeness (QED) is 0.290. The van der Waals surface area contributed by atoms with Crippen LogP contribution >= 0.6 is 0 Å². The van der Waals surface area contributed by atoms with E-state index in [0.29, 0.717) is 5.69 Å². The van der Waals surface area contributed by atoms with Crippen LogP contribution in [0, 0.1) is 12.3 Å². The van der Waals surface area contributed by atoms with Crippen molar-refractivity contribution in [3.63, 3.8) is 0 Å². The molecule has 1 amide bonds. The molecule has 0 aliphatic carbocycles. The van der Waals surface area contributed by atoms with Gasteiger partial charge >= 0.3 is 0 Å². The van der Waals surface area contributed by atoms with Crippen molar-refractivity contribution in [1.29, 1.82) is 0 Å². The number of rotatable bonds is 2. The zero-order chi connectivity index (χ0) is 9.68. The number of amides is 1. The maximum atomic E-state index is 11.1. The lowest BCUT2D eigenvalue weighted by molar-refractivity contribution is 0.0992. The molecule has 64 valence electrons. The summed E-state index contributed by atoms with van der Waals surface area (Å²) in [4.78, 5) is 13.5. The van der Waals surface area contributed by atoms with Crippen molar-refractivity contribution >= 4 is 5.91 Å². The predicted molar refractivity (Wildman–Crippen MR) is 46.7 cm³/mol. The predicted octanol–water partition coefficient (Wildman–Crippen LogP) is 1.57. The number of nitrogens with zero attached hydrogens (tertiary/aromatic N) is 4. The second-order valence-electron chi connectivity index (χ2n) is 2.22. The van der Waals surface area contributed by atoms with E-state index in [1.165, 1.54) is 4.57 Å². The lowest BCUT2D eigenvalue weighted by Crippen LogP contribution is -2.04. The maximum absolute atomic E-state index is 11.1. The molecular weight excluding hydrogens is 168 g/mol. The van der Waals surface area contributed by atoms with Gasteiger partial charge in [-0.3, -0.25) is 4.79 Å². The van der Waals surface area contributed by atoms with Crippen molar-refractivity contribution < 1.29 is 4.79 Å². The maximum Gasteiger partial charge on any atom is 0.265 e. The monoisotopic (exact) mass is 174 g/mol. The van der Waals surface area contributed by atoms with Gasteiger partial charge in [0, 0.05) is 11.1 Å². The first-order chi connectivity index (χ1) is 6.29. The summed E-state index contributed by atoms with van der Waals surface area (Å²) in [5.74, 6) is 1.76. The molecule has 0 fully saturated rings. The molecule has 5 nitrogen and oxygen atoms in total. The van der Waals surface area contributed by atoms with E-state index in [0.717, 1.165) is 0 Å². The molecule has 0 radical (unpaired) electrons. The fourth-order valence-electron chi connectivity index (χ4n) is 0.936. The van der Waals surface area contributed by atoms with Crippen LogP contribution in [0.15, 0.2) is 23.4 Å². The molecule has 13 heavy (non-hydrogen) atoms. The molecule has 0 bridgehead atoms. The van der Waals surface area contributed by atoms with E-state index in [1.807, 2.05) is 0 Å². The third-order valence-corrected chi connectivity index (χ3v) is 1.45. The number of hydrogen-bond donors (Lipinski definition) is 0. The van der Waals surface area contributed by atoms with Gasteiger partial charge in [-0.25, -0.2) is 0 Å². The molecule has 0 N–H and O–H groups in total. The minimum Gasteiger partial charge on any atom is -0.333 e. The van der Waals surface area contributed by atoms with E-state index in [-0.39, 0.29) is 6.54 Å². The number of aromatic nitrogens is 1. The van der Waals surface area contributed by atoms with E-state index >= 15 is 0 Å². The normalized spacial score (nSPS) is 8.54. The zero-order valence-corrected chi connectivity index (χ0v) is 6.71. The highest BCUT2D eigenvalue weighted by Gasteiger charge is 2.06. The Balaban J connectivity index is 3.01. The lowest BCUT2D eigenvalue weighted by Gasteiger charge is -1.99. The second kappa shape index (κ2) is 4.00. The van der Waals surface area contributed by atoms with E-state index in [2.05, 4.69) is 15.9 Å². The van der Waals surface area contributed by atoms with Crippen molar-refractivity contribution in [2.24, 2.45) is 5.11 Å². The molecule has 1 aromatic rings. The fourth-order valence-corrected chi connectivity index (χ4v) is 0.936. The van der Waals surface area contributed by atoms with Crippen molar-refractivity contribution in [2.45, 2.75) is 6.54 Å². The molecule has 0 aromatic carbocycles. The molecule has 0 spiro atoms. The largest absolute Gasteiger partial charge is 0.333 e. The topological polar surface area (TPSA) is 70.8 Å². The van der Waals surface area contributed by atoms with Crippen LogP contribution in [-0.2, 0) is 6.54 Å². The molecule has 0 unspecified atom stereocenters. The third-order valence-electron chi connectivity index (χ3n) is 1.45. The molecule has 0 saturated carbocycles. The van der Waals surface area contributed by atoms with E-state index in [9.17, 15) is 4.79 Å². The van der Waals surface area contributed by atoms with E-state index in [1.54, 1.807) is 18.3 Å². The van der Waals surface area contributed by atoms with E-state index in [4.69, 9.17) is 12.0 Å². The van der Waals surface area contributed by atoms with Gasteiger partial charge in [0.05, 0.1) is 12.2 Å². The van der Waals surface area contributed by atoms with Gasteiger partial charge in [-0.2, -0.15) is 0 Å². The minimum atomic E-state index is -0.622. The Hall–Kier alpha value is -2.18. The second-order valence-corrected chi connectivity index (χ2v) is 2.22. The average Bonchev–Trinajstić information content (AvgIpc) is 2.54. The molecule has 0 aliphatic rings. The molecule has 1 heterocycles. The van der Waals surface area contributed by atoms with Gasteiger partial charge in [0.25, 0.3) is 5.91 Å². The Morgan fingerprint density at radius 3 is 3.23 bits per heavy atom. The van der Waals surface area contributed by atoms with E-state index < -0.39 is 5.91 Å². The summed E-state index contributed by atoms with van der Waals surface area (Å²) in [7, 11) is 0. The minimum absolute atomic E-state index is 0.287. The van der Waals surface area contributed by atoms with Crippen LogP contribution in [0.2, 0.25) is 0 Å². The van der Waals surface area contributed by atoms with Crippen LogP contribution in [0.3, 0.4) is 0 Å². The van der Waals surface area contributed by atoms with Crippen molar-refractivity contribution in [3.05, 3.63) is 34.5 Å². The molecule has 1 aromatic heterocycles. The SMILES string of the molecule is C#CCn1cccc1C(=O)N=[N+]=[N-]. The number of azide groups is 1. The van der Waals surface area contributed by atoms with Crippen LogP contribution in [0.25, 0.3) is 10.4 Å². The van der Waals surface area contributed by atoms with Gasteiger partial charge in [-0.1, -0.05) is 5.92 Å².